The van der Waals surface area contributed by atoms with E-state index in [-0.39, 0.29) is 14.1 Å². The molecule has 0 aromatic carbocycles. The molecule has 0 saturated carbocycles. The predicted octanol–water partition coefficient (Wildman–Crippen LogP) is 1.04. The van der Waals surface area contributed by atoms with Crippen LogP contribution in [0.3, 0.4) is 0 Å². The van der Waals surface area contributed by atoms with Gasteiger partial charge in [0.15, 0.2) is 0 Å². The number of unbranched alkanes of at least 4 members (excludes halogenated alkanes) is 2. The van der Waals surface area contributed by atoms with E-state index in [0.717, 1.165) is 25.7 Å². The second-order valence-corrected chi connectivity index (χ2v) is 2.66. The first-order chi connectivity index (χ1) is 4.77. The van der Waals surface area contributed by atoms with Gasteiger partial charge >= 0.3 is 61.4 Å². The number of hydrogen-bond acceptors (Lipinski definition) is 3. The molecule has 0 unspecified atom stereocenters. The molecule has 0 aliphatic carbocycles. The average molecular weight is 160 g/mol. The summed E-state index contributed by atoms with van der Waals surface area (Å²) in [6.45, 7) is 0. The molecule has 3 nitrogen and oxygen atoms in total. The maximum absolute atomic E-state index is 9.84. The van der Waals surface area contributed by atoms with E-state index in [1.165, 1.54) is 0 Å². The topological polar surface area (TPSA) is 69.1 Å². The molecule has 4 heteroatoms. The van der Waals surface area contributed by atoms with Crippen LogP contribution in [0.5, 0.6) is 0 Å². The SMILES string of the molecule is NC(N)CCCCC#P=O. The first-order valence-electron chi connectivity index (χ1n) is 3.33. The Bertz CT molecular complexity index is 162. The van der Waals surface area contributed by atoms with Gasteiger partial charge in [-0.05, 0) is 0 Å². The Morgan fingerprint density at radius 3 is 2.60 bits per heavy atom. The third-order valence-corrected chi connectivity index (χ3v) is 1.49. The fraction of sp³-hybridized carbons (Fsp3) is 0.833. The molecule has 0 rings (SSSR count). The van der Waals surface area contributed by atoms with Gasteiger partial charge in [0.05, 0.1) is 0 Å². The Morgan fingerprint density at radius 1 is 1.40 bits per heavy atom. The van der Waals surface area contributed by atoms with Gasteiger partial charge in [-0.15, -0.1) is 0 Å². The van der Waals surface area contributed by atoms with E-state index in [4.69, 9.17) is 11.5 Å². The molecule has 0 aromatic rings. The third-order valence-electron chi connectivity index (χ3n) is 1.14. The van der Waals surface area contributed by atoms with Gasteiger partial charge in [-0.1, -0.05) is 0 Å². The summed E-state index contributed by atoms with van der Waals surface area (Å²) in [4.78, 5) is 0. The van der Waals surface area contributed by atoms with Crippen LogP contribution in [-0.2, 0) is 4.57 Å². The van der Waals surface area contributed by atoms with Crippen molar-refractivity contribution >= 4 is 7.92 Å². The predicted molar refractivity (Wildman–Crippen MR) is 42.1 cm³/mol. The van der Waals surface area contributed by atoms with E-state index in [0.29, 0.717) is 0 Å². The van der Waals surface area contributed by atoms with E-state index in [1.807, 2.05) is 0 Å². The summed E-state index contributed by atoms with van der Waals surface area (Å²) in [5.41, 5.74) is 13.3. The summed E-state index contributed by atoms with van der Waals surface area (Å²) in [5.74, 6) is 0. The Morgan fingerprint density at radius 2 is 2.10 bits per heavy atom. The number of rotatable bonds is 4. The van der Waals surface area contributed by atoms with Crippen LogP contribution in [0.25, 0.3) is 0 Å². The molecular formula is C6H13N2OP. The first-order valence-corrected chi connectivity index (χ1v) is 4.15. The van der Waals surface area contributed by atoms with Gasteiger partial charge in [-0.3, -0.25) is 0 Å². The summed E-state index contributed by atoms with van der Waals surface area (Å²) in [6.07, 6.45) is 3.35. The zero-order valence-electron chi connectivity index (χ0n) is 5.92. The first kappa shape index (κ1) is 9.93. The van der Waals surface area contributed by atoms with Crippen LogP contribution in [0.4, 0.5) is 0 Å². The van der Waals surface area contributed by atoms with Crippen molar-refractivity contribution in [2.75, 3.05) is 0 Å². The van der Waals surface area contributed by atoms with Crippen LogP contribution >= 0.6 is 7.92 Å². The van der Waals surface area contributed by atoms with Crippen LogP contribution in [-0.4, -0.2) is 6.17 Å². The molecule has 0 radical (unpaired) electrons. The summed E-state index contributed by atoms with van der Waals surface area (Å²) < 4.78 is 9.84. The zero-order valence-corrected chi connectivity index (χ0v) is 6.81. The standard InChI is InChI=1S/C6H13N2OP/c7-6(8)4-2-1-3-5-10-9/h6H,1-4,7-8H2. The average Bonchev–Trinajstić information content (AvgIpc) is 1.87. The van der Waals surface area contributed by atoms with Gasteiger partial charge in [0.2, 0.25) is 0 Å². The zero-order chi connectivity index (χ0) is 7.82. The van der Waals surface area contributed by atoms with E-state index < -0.39 is 0 Å². The molecule has 4 N–H and O–H groups in total. The minimum atomic E-state index is -0.204. The fourth-order valence-electron chi connectivity index (χ4n) is 0.630. The third kappa shape index (κ3) is 7.93. The van der Waals surface area contributed by atoms with Crippen molar-refractivity contribution in [3.8, 4) is 5.63 Å². The molecule has 0 heterocycles. The van der Waals surface area contributed by atoms with Crippen LogP contribution in [0.2, 0.25) is 0 Å². The van der Waals surface area contributed by atoms with Crippen LogP contribution in [0, 0.1) is 5.63 Å². The van der Waals surface area contributed by atoms with Crippen molar-refractivity contribution in [3.05, 3.63) is 0 Å². The molecule has 0 fully saturated rings. The van der Waals surface area contributed by atoms with E-state index in [1.54, 1.807) is 0 Å². The summed E-state index contributed by atoms with van der Waals surface area (Å²) in [7, 11) is -0.000496. The van der Waals surface area contributed by atoms with Gasteiger partial charge in [0.1, 0.15) is 0 Å². The molecule has 0 saturated heterocycles. The molecule has 0 aliphatic heterocycles. The van der Waals surface area contributed by atoms with Gasteiger partial charge < -0.3 is 0 Å². The van der Waals surface area contributed by atoms with Gasteiger partial charge in [-0.2, -0.15) is 0 Å². The molecule has 0 spiro atoms. The summed E-state index contributed by atoms with van der Waals surface area (Å²) in [5, 5.41) is 0. The van der Waals surface area contributed by atoms with Gasteiger partial charge in [-0.25, -0.2) is 0 Å². The maximum atomic E-state index is 9.84. The van der Waals surface area contributed by atoms with Crippen molar-refractivity contribution in [3.63, 3.8) is 0 Å². The molecular weight excluding hydrogens is 147 g/mol. The van der Waals surface area contributed by atoms with Crippen molar-refractivity contribution in [1.82, 2.24) is 0 Å². The van der Waals surface area contributed by atoms with Crippen molar-refractivity contribution in [2.24, 2.45) is 11.5 Å². The van der Waals surface area contributed by atoms with Crippen molar-refractivity contribution < 1.29 is 4.57 Å². The Labute approximate surface area is 62.3 Å². The van der Waals surface area contributed by atoms with Gasteiger partial charge in [0.25, 0.3) is 0 Å². The van der Waals surface area contributed by atoms with Gasteiger partial charge in [0, 0.05) is 0 Å². The van der Waals surface area contributed by atoms with Crippen LogP contribution in [0.15, 0.2) is 0 Å². The Kier molecular flexibility index (Phi) is 6.99. The second kappa shape index (κ2) is 7.04. The summed E-state index contributed by atoms with van der Waals surface area (Å²) in [6, 6.07) is 0. The number of hydrogen-bond donors (Lipinski definition) is 2. The number of nitrogens with two attached hydrogens (primary N) is 2. The second-order valence-electron chi connectivity index (χ2n) is 2.16. The molecule has 0 amide bonds. The molecule has 10 heavy (non-hydrogen) atoms. The fourth-order valence-corrected chi connectivity index (χ4v) is 0.879. The van der Waals surface area contributed by atoms with Crippen molar-refractivity contribution in [1.29, 1.82) is 0 Å². The molecule has 58 valence electrons. The molecule has 0 bridgehead atoms. The Hall–Kier alpha value is -0.0700. The minimum absolute atomic E-state index is 0.000496. The van der Waals surface area contributed by atoms with Crippen LogP contribution < -0.4 is 11.5 Å². The van der Waals surface area contributed by atoms with Crippen molar-refractivity contribution in [2.45, 2.75) is 31.8 Å². The molecule has 0 aromatic heterocycles. The van der Waals surface area contributed by atoms with E-state index >= 15 is 0 Å². The normalized spacial score (nSPS) is 9.50. The van der Waals surface area contributed by atoms with E-state index in [9.17, 15) is 4.57 Å². The quantitative estimate of drug-likeness (QED) is 0.366. The monoisotopic (exact) mass is 160 g/mol. The van der Waals surface area contributed by atoms with Crippen LogP contribution in [0.1, 0.15) is 25.7 Å². The van der Waals surface area contributed by atoms with E-state index in [2.05, 4.69) is 5.63 Å². The molecule has 0 atom stereocenters. The summed E-state index contributed by atoms with van der Waals surface area (Å²) >= 11 is 0. The Balaban J connectivity index is 3.03. The molecule has 0 aliphatic rings.